The first-order valence-electron chi connectivity index (χ1n) is 6.96. The van der Waals surface area contributed by atoms with E-state index in [1.807, 2.05) is 34.9 Å². The van der Waals surface area contributed by atoms with Gasteiger partial charge in [0.15, 0.2) is 0 Å². The molecule has 1 fully saturated rings. The van der Waals surface area contributed by atoms with Gasteiger partial charge in [0.2, 0.25) is 0 Å². The van der Waals surface area contributed by atoms with Gasteiger partial charge in [0.05, 0.1) is 12.1 Å². The van der Waals surface area contributed by atoms with E-state index < -0.39 is 17.2 Å². The number of amides is 1. The van der Waals surface area contributed by atoms with Crippen LogP contribution in [0, 0.1) is 0 Å². The van der Waals surface area contributed by atoms with Crippen LogP contribution < -0.4 is 5.32 Å². The number of ether oxygens (including phenoxy) is 1. The quantitative estimate of drug-likeness (QED) is 0.821. The predicted molar refractivity (Wildman–Crippen MR) is 75.1 cm³/mol. The second-order valence-electron chi connectivity index (χ2n) is 6.78. The summed E-state index contributed by atoms with van der Waals surface area (Å²) in [6.45, 7) is 5.46. The number of nitrogens with zero attached hydrogens (tertiary/aromatic N) is 1. The van der Waals surface area contributed by atoms with Crippen LogP contribution in [0.2, 0.25) is 0 Å². The van der Waals surface area contributed by atoms with Gasteiger partial charge in [-0.2, -0.15) is 0 Å². The first-order chi connectivity index (χ1) is 8.67. The molecule has 2 atom stereocenters. The first kappa shape index (κ1) is 16.2. The van der Waals surface area contributed by atoms with Gasteiger partial charge in [0.25, 0.3) is 0 Å². The SMILES string of the molecule is CN(C)[C@@H]1CCC[C@](CO)(NC(=O)OC(C)(C)C)C1. The third-order valence-electron chi connectivity index (χ3n) is 3.62. The van der Waals surface area contributed by atoms with Crippen molar-refractivity contribution in [2.45, 2.75) is 63.6 Å². The molecule has 0 aliphatic heterocycles. The minimum absolute atomic E-state index is 0.0451. The van der Waals surface area contributed by atoms with Gasteiger partial charge in [0.1, 0.15) is 5.60 Å². The van der Waals surface area contributed by atoms with Crippen LogP contribution in [0.5, 0.6) is 0 Å². The monoisotopic (exact) mass is 272 g/mol. The van der Waals surface area contributed by atoms with Crippen molar-refractivity contribution in [2.24, 2.45) is 0 Å². The number of alkyl carbamates (subject to hydrolysis) is 1. The Morgan fingerprint density at radius 3 is 2.58 bits per heavy atom. The third-order valence-corrected chi connectivity index (χ3v) is 3.62. The van der Waals surface area contributed by atoms with Crippen LogP contribution in [0.4, 0.5) is 4.79 Å². The number of carbonyl (C=O) groups excluding carboxylic acids is 1. The predicted octanol–water partition coefficient (Wildman–Crippen LogP) is 1.75. The fourth-order valence-electron chi connectivity index (χ4n) is 2.59. The number of carbonyl (C=O) groups is 1. The lowest BCUT2D eigenvalue weighted by Gasteiger charge is -2.42. The summed E-state index contributed by atoms with van der Waals surface area (Å²) >= 11 is 0. The molecule has 0 heterocycles. The van der Waals surface area contributed by atoms with Crippen molar-refractivity contribution in [3.8, 4) is 0 Å². The minimum atomic E-state index is -0.546. The van der Waals surface area contributed by atoms with E-state index in [-0.39, 0.29) is 6.61 Å². The van der Waals surface area contributed by atoms with Crippen LogP contribution in [-0.2, 0) is 4.74 Å². The highest BCUT2D eigenvalue weighted by Gasteiger charge is 2.38. The molecule has 0 aromatic carbocycles. The summed E-state index contributed by atoms with van der Waals surface area (Å²) in [7, 11) is 4.07. The number of hydrogen-bond acceptors (Lipinski definition) is 4. The largest absolute Gasteiger partial charge is 0.444 e. The summed E-state index contributed by atoms with van der Waals surface area (Å²) in [5.41, 5.74) is -1.06. The molecular formula is C14H28N2O3. The van der Waals surface area contributed by atoms with Crippen LogP contribution in [0.3, 0.4) is 0 Å². The number of nitrogens with one attached hydrogen (secondary N) is 1. The van der Waals surface area contributed by atoms with Crippen molar-refractivity contribution < 1.29 is 14.6 Å². The Kier molecular flexibility index (Phi) is 5.21. The van der Waals surface area contributed by atoms with Gasteiger partial charge >= 0.3 is 6.09 Å². The fraction of sp³-hybridized carbons (Fsp3) is 0.929. The number of rotatable bonds is 3. The topological polar surface area (TPSA) is 61.8 Å². The molecule has 0 unspecified atom stereocenters. The van der Waals surface area contributed by atoms with Crippen molar-refractivity contribution in [2.75, 3.05) is 20.7 Å². The Labute approximate surface area is 116 Å². The molecule has 0 spiro atoms. The fourth-order valence-corrected chi connectivity index (χ4v) is 2.59. The summed E-state index contributed by atoms with van der Waals surface area (Å²) in [5, 5.41) is 12.6. The lowest BCUT2D eigenvalue weighted by molar-refractivity contribution is 0.0269. The van der Waals surface area contributed by atoms with E-state index in [0.29, 0.717) is 6.04 Å². The number of aliphatic hydroxyl groups excluding tert-OH is 1. The maximum atomic E-state index is 11.9. The van der Waals surface area contributed by atoms with E-state index in [1.165, 1.54) is 0 Å². The summed E-state index contributed by atoms with van der Waals surface area (Å²) < 4.78 is 5.29. The standard InChI is InChI=1S/C14H28N2O3/c1-13(2,3)19-12(18)15-14(10-17)8-6-7-11(9-14)16(4)5/h11,17H,6-10H2,1-5H3,(H,15,18)/t11-,14+/m1/s1. The molecule has 2 N–H and O–H groups in total. The maximum absolute atomic E-state index is 11.9. The molecule has 1 aliphatic rings. The molecule has 5 heteroatoms. The second-order valence-corrected chi connectivity index (χ2v) is 6.78. The average Bonchev–Trinajstić information content (AvgIpc) is 2.26. The van der Waals surface area contributed by atoms with Gasteiger partial charge in [-0.1, -0.05) is 0 Å². The van der Waals surface area contributed by atoms with Crippen LogP contribution >= 0.6 is 0 Å². The summed E-state index contributed by atoms with van der Waals surface area (Å²) in [4.78, 5) is 14.1. The van der Waals surface area contributed by atoms with Crippen molar-refractivity contribution >= 4 is 6.09 Å². The van der Waals surface area contributed by atoms with Gasteiger partial charge in [0, 0.05) is 6.04 Å². The molecule has 1 aliphatic carbocycles. The Morgan fingerprint density at radius 1 is 1.47 bits per heavy atom. The molecule has 19 heavy (non-hydrogen) atoms. The van der Waals surface area contributed by atoms with Gasteiger partial charge in [-0.15, -0.1) is 0 Å². The molecule has 112 valence electrons. The highest BCUT2D eigenvalue weighted by molar-refractivity contribution is 5.68. The average molecular weight is 272 g/mol. The lowest BCUT2D eigenvalue weighted by Crippen LogP contribution is -2.57. The van der Waals surface area contributed by atoms with E-state index in [0.717, 1.165) is 25.7 Å². The summed E-state index contributed by atoms with van der Waals surface area (Å²) in [5.74, 6) is 0. The molecular weight excluding hydrogens is 244 g/mol. The number of hydrogen-bond donors (Lipinski definition) is 2. The molecule has 0 bridgehead atoms. The van der Waals surface area contributed by atoms with Crippen molar-refractivity contribution in [1.82, 2.24) is 10.2 Å². The molecule has 1 rings (SSSR count). The van der Waals surface area contributed by atoms with Gasteiger partial charge in [-0.25, -0.2) is 4.79 Å². The van der Waals surface area contributed by atoms with Gasteiger partial charge in [-0.3, -0.25) is 0 Å². The Hall–Kier alpha value is -0.810. The Balaban J connectivity index is 2.67. The first-order valence-corrected chi connectivity index (χ1v) is 6.96. The van der Waals surface area contributed by atoms with E-state index in [2.05, 4.69) is 10.2 Å². The Morgan fingerprint density at radius 2 is 2.11 bits per heavy atom. The highest BCUT2D eigenvalue weighted by atomic mass is 16.6. The van der Waals surface area contributed by atoms with Crippen molar-refractivity contribution in [3.05, 3.63) is 0 Å². The van der Waals surface area contributed by atoms with Crippen LogP contribution in [0.25, 0.3) is 0 Å². The second kappa shape index (κ2) is 6.09. The minimum Gasteiger partial charge on any atom is -0.444 e. The van der Waals surface area contributed by atoms with Crippen molar-refractivity contribution in [1.29, 1.82) is 0 Å². The normalized spacial score (nSPS) is 28.3. The van der Waals surface area contributed by atoms with Crippen LogP contribution in [-0.4, -0.2) is 54.0 Å². The van der Waals surface area contributed by atoms with E-state index >= 15 is 0 Å². The van der Waals surface area contributed by atoms with E-state index in [1.54, 1.807) is 0 Å². The molecule has 0 radical (unpaired) electrons. The number of aliphatic hydroxyl groups is 1. The zero-order valence-corrected chi connectivity index (χ0v) is 12.8. The molecule has 1 saturated carbocycles. The zero-order valence-electron chi connectivity index (χ0n) is 12.8. The maximum Gasteiger partial charge on any atom is 0.408 e. The highest BCUT2D eigenvalue weighted by Crippen LogP contribution is 2.30. The van der Waals surface area contributed by atoms with Crippen LogP contribution in [0.1, 0.15) is 46.5 Å². The molecule has 1 amide bonds. The Bertz CT molecular complexity index is 312. The van der Waals surface area contributed by atoms with Gasteiger partial charge in [-0.05, 0) is 60.5 Å². The zero-order chi connectivity index (χ0) is 14.7. The molecule has 0 saturated heterocycles. The smallest absolute Gasteiger partial charge is 0.408 e. The molecule has 5 nitrogen and oxygen atoms in total. The molecule has 0 aromatic heterocycles. The van der Waals surface area contributed by atoms with Crippen molar-refractivity contribution in [3.63, 3.8) is 0 Å². The third kappa shape index (κ3) is 4.99. The molecule has 0 aromatic rings. The lowest BCUT2D eigenvalue weighted by atomic mass is 9.79. The van der Waals surface area contributed by atoms with Crippen LogP contribution in [0.15, 0.2) is 0 Å². The van der Waals surface area contributed by atoms with Gasteiger partial charge < -0.3 is 20.1 Å². The summed E-state index contributed by atoms with van der Waals surface area (Å²) in [6.07, 6.45) is 3.22. The van der Waals surface area contributed by atoms with E-state index in [9.17, 15) is 9.90 Å². The summed E-state index contributed by atoms with van der Waals surface area (Å²) in [6, 6.07) is 0.385. The van der Waals surface area contributed by atoms with E-state index in [4.69, 9.17) is 4.74 Å².